The monoisotopic (exact) mass is 256 g/mol. The van der Waals surface area contributed by atoms with E-state index in [9.17, 15) is 0 Å². The molecule has 1 unspecified atom stereocenters. The minimum absolute atomic E-state index is 0.419. The summed E-state index contributed by atoms with van der Waals surface area (Å²) < 4.78 is 2.44. The average molecular weight is 256 g/mol. The van der Waals surface area contributed by atoms with Crippen LogP contribution in [0.5, 0.6) is 0 Å². The van der Waals surface area contributed by atoms with Crippen LogP contribution in [-0.2, 0) is 6.54 Å². The molecule has 2 heteroatoms. The first-order chi connectivity index (χ1) is 9.28. The Hall–Kier alpha value is -1.28. The van der Waals surface area contributed by atoms with Gasteiger partial charge in [0, 0.05) is 24.3 Å². The third kappa shape index (κ3) is 2.55. The molecule has 1 aliphatic carbocycles. The van der Waals surface area contributed by atoms with Gasteiger partial charge in [0.05, 0.1) is 0 Å². The molecule has 3 rings (SSSR count). The van der Waals surface area contributed by atoms with Crippen molar-refractivity contribution >= 4 is 10.9 Å². The summed E-state index contributed by atoms with van der Waals surface area (Å²) >= 11 is 0. The van der Waals surface area contributed by atoms with Crippen molar-refractivity contribution in [2.45, 2.75) is 45.2 Å². The molecule has 1 saturated carbocycles. The Morgan fingerprint density at radius 3 is 2.79 bits per heavy atom. The summed E-state index contributed by atoms with van der Waals surface area (Å²) in [7, 11) is 2.01. The molecule has 1 aromatic carbocycles. The molecular weight excluding hydrogens is 232 g/mol. The van der Waals surface area contributed by atoms with E-state index in [1.54, 1.807) is 0 Å². The summed E-state index contributed by atoms with van der Waals surface area (Å²) in [5, 5.41) is 4.68. The van der Waals surface area contributed by atoms with Gasteiger partial charge in [-0.25, -0.2) is 0 Å². The van der Waals surface area contributed by atoms with Crippen LogP contribution in [0.3, 0.4) is 0 Å². The summed E-state index contributed by atoms with van der Waals surface area (Å²) in [4.78, 5) is 0. The molecule has 0 radical (unpaired) electrons. The predicted molar refractivity (Wildman–Crippen MR) is 81.4 cm³/mol. The van der Waals surface area contributed by atoms with E-state index in [0.29, 0.717) is 6.04 Å². The summed E-state index contributed by atoms with van der Waals surface area (Å²) in [5.41, 5.74) is 2.76. The molecule has 1 heterocycles. The van der Waals surface area contributed by atoms with Crippen molar-refractivity contribution in [3.8, 4) is 0 Å². The highest BCUT2D eigenvalue weighted by Gasteiger charge is 2.16. The number of hydrogen-bond donors (Lipinski definition) is 1. The van der Waals surface area contributed by atoms with Gasteiger partial charge in [-0.05, 0) is 61.9 Å². The number of aromatic nitrogens is 1. The Morgan fingerprint density at radius 1 is 1.26 bits per heavy atom. The van der Waals surface area contributed by atoms with E-state index in [1.807, 2.05) is 7.05 Å². The maximum absolute atomic E-state index is 3.30. The number of hydrogen-bond acceptors (Lipinski definition) is 1. The molecule has 0 aliphatic heterocycles. The summed E-state index contributed by atoms with van der Waals surface area (Å²) in [6, 6.07) is 9.54. The molecule has 0 saturated heterocycles. The topological polar surface area (TPSA) is 17.0 Å². The molecule has 19 heavy (non-hydrogen) atoms. The lowest BCUT2D eigenvalue weighted by atomic mass is 10.1. The van der Waals surface area contributed by atoms with Crippen LogP contribution >= 0.6 is 0 Å². The molecule has 102 valence electrons. The first-order valence-electron chi connectivity index (χ1n) is 7.54. The van der Waals surface area contributed by atoms with Crippen molar-refractivity contribution in [2.75, 3.05) is 7.05 Å². The van der Waals surface area contributed by atoms with Gasteiger partial charge in [-0.1, -0.05) is 18.9 Å². The van der Waals surface area contributed by atoms with Gasteiger partial charge in [-0.3, -0.25) is 0 Å². The number of rotatable bonds is 4. The van der Waals surface area contributed by atoms with Crippen LogP contribution in [-0.4, -0.2) is 11.6 Å². The molecule has 1 aromatic heterocycles. The fourth-order valence-electron chi connectivity index (χ4n) is 3.28. The predicted octanol–water partition coefficient (Wildman–Crippen LogP) is 4.11. The van der Waals surface area contributed by atoms with Crippen LogP contribution in [0.2, 0.25) is 0 Å². The maximum Gasteiger partial charge on any atom is 0.0480 e. The van der Waals surface area contributed by atoms with Gasteiger partial charge in [0.1, 0.15) is 0 Å². The van der Waals surface area contributed by atoms with Crippen molar-refractivity contribution in [3.63, 3.8) is 0 Å². The van der Waals surface area contributed by atoms with E-state index < -0.39 is 0 Å². The van der Waals surface area contributed by atoms with Crippen LogP contribution in [0.4, 0.5) is 0 Å². The highest BCUT2D eigenvalue weighted by Crippen LogP contribution is 2.28. The highest BCUT2D eigenvalue weighted by molar-refractivity contribution is 5.81. The fraction of sp³-hybridized carbons (Fsp3) is 0.529. The zero-order valence-corrected chi connectivity index (χ0v) is 12.0. The van der Waals surface area contributed by atoms with Crippen molar-refractivity contribution in [1.29, 1.82) is 0 Å². The van der Waals surface area contributed by atoms with E-state index >= 15 is 0 Å². The number of fused-ring (bicyclic) bond motifs is 1. The molecule has 0 spiro atoms. The summed E-state index contributed by atoms with van der Waals surface area (Å²) in [6.07, 6.45) is 7.93. The molecule has 2 nitrogen and oxygen atoms in total. The van der Waals surface area contributed by atoms with Crippen LogP contribution in [0.1, 0.15) is 44.2 Å². The van der Waals surface area contributed by atoms with E-state index in [2.05, 4.69) is 47.3 Å². The molecule has 1 atom stereocenters. The molecular formula is C17H24N2. The van der Waals surface area contributed by atoms with Gasteiger partial charge in [0.25, 0.3) is 0 Å². The SMILES string of the molecule is CNC(C)c1ccc2c(ccn2CC2CCCC2)c1. The van der Waals surface area contributed by atoms with Crippen molar-refractivity contribution in [1.82, 2.24) is 9.88 Å². The number of benzene rings is 1. The van der Waals surface area contributed by atoms with Gasteiger partial charge in [0.2, 0.25) is 0 Å². The third-order valence-electron chi connectivity index (χ3n) is 4.66. The van der Waals surface area contributed by atoms with Crippen molar-refractivity contribution < 1.29 is 0 Å². The Labute approximate surface area is 115 Å². The van der Waals surface area contributed by atoms with E-state index in [1.165, 1.54) is 48.7 Å². The lowest BCUT2D eigenvalue weighted by molar-refractivity contribution is 0.466. The standard InChI is InChI=1S/C17H24N2/c1-13(18-2)15-7-8-17-16(11-15)9-10-19(17)12-14-5-3-4-6-14/h7-11,13-14,18H,3-6,12H2,1-2H3. The second kappa shape index (κ2) is 5.38. The van der Waals surface area contributed by atoms with Crippen LogP contribution in [0.15, 0.2) is 30.5 Å². The number of nitrogens with one attached hydrogen (secondary N) is 1. The first kappa shape index (κ1) is 12.7. The molecule has 1 fully saturated rings. The Balaban J connectivity index is 1.86. The Morgan fingerprint density at radius 2 is 2.05 bits per heavy atom. The van der Waals surface area contributed by atoms with Gasteiger partial charge in [-0.15, -0.1) is 0 Å². The van der Waals surface area contributed by atoms with E-state index in [4.69, 9.17) is 0 Å². The highest BCUT2D eigenvalue weighted by atomic mass is 15.0. The van der Waals surface area contributed by atoms with Crippen molar-refractivity contribution in [2.24, 2.45) is 5.92 Å². The van der Waals surface area contributed by atoms with E-state index in [0.717, 1.165) is 5.92 Å². The second-order valence-electron chi connectivity index (χ2n) is 5.95. The summed E-state index contributed by atoms with van der Waals surface area (Å²) in [6.45, 7) is 3.40. The van der Waals surface area contributed by atoms with E-state index in [-0.39, 0.29) is 0 Å². The molecule has 0 bridgehead atoms. The smallest absolute Gasteiger partial charge is 0.0480 e. The average Bonchev–Trinajstić information content (AvgIpc) is 3.08. The summed E-state index contributed by atoms with van der Waals surface area (Å²) in [5.74, 6) is 0.895. The fourth-order valence-corrected chi connectivity index (χ4v) is 3.28. The van der Waals surface area contributed by atoms with Gasteiger partial charge in [-0.2, -0.15) is 0 Å². The Kier molecular flexibility index (Phi) is 3.61. The zero-order chi connectivity index (χ0) is 13.2. The lowest BCUT2D eigenvalue weighted by Crippen LogP contribution is -2.12. The number of nitrogens with zero attached hydrogens (tertiary/aromatic N) is 1. The molecule has 1 N–H and O–H groups in total. The minimum atomic E-state index is 0.419. The third-order valence-corrected chi connectivity index (χ3v) is 4.66. The van der Waals surface area contributed by atoms with Crippen LogP contribution in [0, 0.1) is 5.92 Å². The zero-order valence-electron chi connectivity index (χ0n) is 12.0. The van der Waals surface area contributed by atoms with Crippen LogP contribution in [0.25, 0.3) is 10.9 Å². The maximum atomic E-state index is 3.30. The van der Waals surface area contributed by atoms with Gasteiger partial charge >= 0.3 is 0 Å². The molecule has 2 aromatic rings. The van der Waals surface area contributed by atoms with Crippen LogP contribution < -0.4 is 5.32 Å². The normalized spacial score (nSPS) is 18.2. The lowest BCUT2D eigenvalue weighted by Gasteiger charge is -2.13. The second-order valence-corrected chi connectivity index (χ2v) is 5.95. The minimum Gasteiger partial charge on any atom is -0.347 e. The molecule has 1 aliphatic rings. The van der Waals surface area contributed by atoms with Crippen molar-refractivity contribution in [3.05, 3.63) is 36.0 Å². The molecule has 0 amide bonds. The Bertz CT molecular complexity index is 549. The van der Waals surface area contributed by atoms with Gasteiger partial charge < -0.3 is 9.88 Å². The first-order valence-corrected chi connectivity index (χ1v) is 7.54. The largest absolute Gasteiger partial charge is 0.347 e. The van der Waals surface area contributed by atoms with Gasteiger partial charge in [0.15, 0.2) is 0 Å². The quantitative estimate of drug-likeness (QED) is 0.871.